The Bertz CT molecular complexity index is 842. The highest BCUT2D eigenvalue weighted by Gasteiger charge is 2.07. The number of nitro benzene ring substituents is 1. The molecule has 0 heterocycles. The minimum Gasteiger partial charge on any atom is -0.348 e. The monoisotopic (exact) mass is 353 g/mol. The molecule has 0 radical (unpaired) electrons. The van der Waals surface area contributed by atoms with E-state index in [9.17, 15) is 19.7 Å². The molecular weight excluding hydrogens is 334 g/mol. The van der Waals surface area contributed by atoms with Crippen LogP contribution in [0.2, 0.25) is 0 Å². The summed E-state index contributed by atoms with van der Waals surface area (Å²) in [6.45, 7) is 0.314. The van der Waals surface area contributed by atoms with Crippen LogP contribution in [-0.2, 0) is 11.3 Å². The van der Waals surface area contributed by atoms with Crippen LogP contribution in [0.3, 0.4) is 0 Å². The van der Waals surface area contributed by atoms with Crippen molar-refractivity contribution in [2.45, 2.75) is 6.54 Å². The summed E-state index contributed by atoms with van der Waals surface area (Å²) in [7, 11) is 3.37. The van der Waals surface area contributed by atoms with Gasteiger partial charge in [0.25, 0.3) is 11.6 Å². The minimum atomic E-state index is -0.484. The Kier molecular flexibility index (Phi) is 6.21. The molecular formula is C19H19N3O4. The third-order valence-corrected chi connectivity index (χ3v) is 3.58. The predicted molar refractivity (Wildman–Crippen MR) is 98.4 cm³/mol. The average Bonchev–Trinajstić information content (AvgIpc) is 2.64. The fraction of sp³-hybridized carbons (Fsp3) is 0.158. The normalized spacial score (nSPS) is 10.5. The van der Waals surface area contributed by atoms with E-state index in [1.807, 2.05) is 0 Å². The quantitative estimate of drug-likeness (QED) is 0.491. The first-order valence-corrected chi connectivity index (χ1v) is 7.88. The Morgan fingerprint density at radius 2 is 1.85 bits per heavy atom. The predicted octanol–water partition coefficient (Wildman–Crippen LogP) is 2.63. The molecule has 0 aliphatic heterocycles. The lowest BCUT2D eigenvalue weighted by Crippen LogP contribution is -2.22. The number of hydrogen-bond acceptors (Lipinski definition) is 4. The van der Waals surface area contributed by atoms with Crippen LogP contribution in [0.15, 0.2) is 54.6 Å². The SMILES string of the molecule is CN(C)C(=O)c1ccc(CNC(=O)/C=C/c2cccc([N+](=O)[O-])c2)cc1. The molecule has 0 aliphatic rings. The van der Waals surface area contributed by atoms with Crippen molar-refractivity contribution in [3.63, 3.8) is 0 Å². The van der Waals surface area contributed by atoms with Crippen molar-refractivity contribution < 1.29 is 14.5 Å². The van der Waals surface area contributed by atoms with Crippen LogP contribution in [0, 0.1) is 10.1 Å². The van der Waals surface area contributed by atoms with Gasteiger partial charge in [0.05, 0.1) is 4.92 Å². The molecule has 0 fully saturated rings. The number of nitro groups is 1. The molecule has 134 valence electrons. The topological polar surface area (TPSA) is 92.6 Å². The van der Waals surface area contributed by atoms with Crippen molar-refractivity contribution in [3.05, 3.63) is 81.4 Å². The van der Waals surface area contributed by atoms with Crippen molar-refractivity contribution in [1.82, 2.24) is 10.2 Å². The molecule has 26 heavy (non-hydrogen) atoms. The van der Waals surface area contributed by atoms with Crippen LogP contribution in [0.5, 0.6) is 0 Å². The van der Waals surface area contributed by atoms with E-state index in [0.29, 0.717) is 17.7 Å². The van der Waals surface area contributed by atoms with Crippen LogP contribution in [0.1, 0.15) is 21.5 Å². The number of carbonyl (C=O) groups excluding carboxylic acids is 2. The van der Waals surface area contributed by atoms with E-state index >= 15 is 0 Å². The van der Waals surface area contributed by atoms with Gasteiger partial charge in [-0.3, -0.25) is 19.7 Å². The van der Waals surface area contributed by atoms with E-state index in [4.69, 9.17) is 0 Å². The van der Waals surface area contributed by atoms with Gasteiger partial charge < -0.3 is 10.2 Å². The van der Waals surface area contributed by atoms with E-state index in [1.54, 1.807) is 50.5 Å². The van der Waals surface area contributed by atoms with Gasteiger partial charge in [0.2, 0.25) is 5.91 Å². The fourth-order valence-electron chi connectivity index (χ4n) is 2.19. The number of benzene rings is 2. The number of amides is 2. The van der Waals surface area contributed by atoms with E-state index in [0.717, 1.165) is 5.56 Å². The third kappa shape index (κ3) is 5.27. The van der Waals surface area contributed by atoms with E-state index in [2.05, 4.69) is 5.32 Å². The fourth-order valence-corrected chi connectivity index (χ4v) is 2.19. The summed E-state index contributed by atoms with van der Waals surface area (Å²) >= 11 is 0. The Morgan fingerprint density at radius 3 is 2.46 bits per heavy atom. The van der Waals surface area contributed by atoms with E-state index in [1.165, 1.54) is 29.2 Å². The second-order valence-corrected chi connectivity index (χ2v) is 5.80. The van der Waals surface area contributed by atoms with Crippen LogP contribution in [0.25, 0.3) is 6.08 Å². The van der Waals surface area contributed by atoms with Crippen molar-refractivity contribution in [2.75, 3.05) is 14.1 Å². The summed E-state index contributed by atoms with van der Waals surface area (Å²) in [5, 5.41) is 13.5. The number of nitrogens with zero attached hydrogens (tertiary/aromatic N) is 2. The molecule has 0 unspecified atom stereocenters. The molecule has 1 N–H and O–H groups in total. The number of hydrogen-bond donors (Lipinski definition) is 1. The number of carbonyl (C=O) groups is 2. The van der Waals surface area contributed by atoms with Crippen LogP contribution in [0.4, 0.5) is 5.69 Å². The molecule has 2 aromatic rings. The molecule has 7 heteroatoms. The molecule has 2 amide bonds. The highest BCUT2D eigenvalue weighted by atomic mass is 16.6. The van der Waals surface area contributed by atoms with Crippen LogP contribution in [-0.4, -0.2) is 35.7 Å². The zero-order chi connectivity index (χ0) is 19.1. The van der Waals surface area contributed by atoms with Crippen LogP contribution >= 0.6 is 0 Å². The molecule has 7 nitrogen and oxygen atoms in total. The second-order valence-electron chi connectivity index (χ2n) is 5.80. The van der Waals surface area contributed by atoms with Gasteiger partial charge >= 0.3 is 0 Å². The van der Waals surface area contributed by atoms with Gasteiger partial charge in [-0.05, 0) is 29.3 Å². The maximum atomic E-state index is 11.9. The largest absolute Gasteiger partial charge is 0.348 e. The lowest BCUT2D eigenvalue weighted by molar-refractivity contribution is -0.384. The highest BCUT2D eigenvalue weighted by Crippen LogP contribution is 2.14. The van der Waals surface area contributed by atoms with Gasteiger partial charge in [-0.1, -0.05) is 24.3 Å². The van der Waals surface area contributed by atoms with E-state index in [-0.39, 0.29) is 17.5 Å². The van der Waals surface area contributed by atoms with Crippen LogP contribution < -0.4 is 5.32 Å². The first-order valence-electron chi connectivity index (χ1n) is 7.88. The zero-order valence-corrected chi connectivity index (χ0v) is 14.5. The molecule has 0 saturated carbocycles. The summed E-state index contributed by atoms with van der Waals surface area (Å²) in [6, 6.07) is 13.0. The average molecular weight is 353 g/mol. The van der Waals surface area contributed by atoms with Crippen molar-refractivity contribution in [1.29, 1.82) is 0 Å². The maximum absolute atomic E-state index is 11.9. The number of non-ortho nitro benzene ring substituents is 1. The van der Waals surface area contributed by atoms with Gasteiger partial charge in [-0.2, -0.15) is 0 Å². The molecule has 0 bridgehead atoms. The van der Waals surface area contributed by atoms with Crippen molar-refractivity contribution in [2.24, 2.45) is 0 Å². The highest BCUT2D eigenvalue weighted by molar-refractivity contribution is 5.94. The molecule has 0 aliphatic carbocycles. The van der Waals surface area contributed by atoms with Crippen molar-refractivity contribution in [3.8, 4) is 0 Å². The molecule has 2 rings (SSSR count). The molecule has 0 saturated heterocycles. The lowest BCUT2D eigenvalue weighted by Gasteiger charge is -2.10. The smallest absolute Gasteiger partial charge is 0.270 e. The zero-order valence-electron chi connectivity index (χ0n) is 14.5. The van der Waals surface area contributed by atoms with Gasteiger partial charge in [-0.25, -0.2) is 0 Å². The third-order valence-electron chi connectivity index (χ3n) is 3.58. The minimum absolute atomic E-state index is 0.0279. The molecule has 2 aromatic carbocycles. The number of rotatable bonds is 6. The van der Waals surface area contributed by atoms with Crippen molar-refractivity contribution >= 4 is 23.6 Å². The Hall–Kier alpha value is -3.48. The summed E-state index contributed by atoms with van der Waals surface area (Å²) in [4.78, 5) is 35.4. The second kappa shape index (κ2) is 8.57. The Balaban J connectivity index is 1.91. The van der Waals surface area contributed by atoms with Gasteiger partial charge in [-0.15, -0.1) is 0 Å². The summed E-state index contributed by atoms with van der Waals surface area (Å²) in [5.41, 5.74) is 1.98. The molecule has 0 aromatic heterocycles. The number of nitrogens with one attached hydrogen (secondary N) is 1. The maximum Gasteiger partial charge on any atom is 0.270 e. The summed E-state index contributed by atoms with van der Waals surface area (Å²) in [5.74, 6) is -0.398. The summed E-state index contributed by atoms with van der Waals surface area (Å²) in [6.07, 6.45) is 2.84. The Morgan fingerprint density at radius 1 is 1.15 bits per heavy atom. The first kappa shape index (κ1) is 18.9. The molecule has 0 atom stereocenters. The Labute approximate surface area is 151 Å². The first-order chi connectivity index (χ1) is 12.4. The molecule has 0 spiro atoms. The summed E-state index contributed by atoms with van der Waals surface area (Å²) < 4.78 is 0. The van der Waals surface area contributed by atoms with Gasteiger partial charge in [0.1, 0.15) is 0 Å². The van der Waals surface area contributed by atoms with E-state index < -0.39 is 4.92 Å². The van der Waals surface area contributed by atoms with Gasteiger partial charge in [0.15, 0.2) is 0 Å². The van der Waals surface area contributed by atoms with Gasteiger partial charge in [0, 0.05) is 44.4 Å². The lowest BCUT2D eigenvalue weighted by atomic mass is 10.1. The standard InChI is InChI=1S/C19H19N3O4/c1-21(2)19(24)16-9-6-15(7-10-16)13-20-18(23)11-8-14-4-3-5-17(12-14)22(25)26/h3-12H,13H2,1-2H3,(H,20,23)/b11-8+.